The van der Waals surface area contributed by atoms with Gasteiger partial charge in [0.05, 0.1) is 0 Å². The van der Waals surface area contributed by atoms with Crippen LogP contribution in [0.25, 0.3) is 0 Å². The van der Waals surface area contributed by atoms with Crippen LogP contribution in [0, 0.1) is 5.92 Å². The predicted molar refractivity (Wildman–Crippen MR) is 99.4 cm³/mol. The molecule has 0 fully saturated rings. The van der Waals surface area contributed by atoms with Gasteiger partial charge in [0.1, 0.15) is 5.78 Å². The maximum Gasteiger partial charge on any atom is 0.135 e. The summed E-state index contributed by atoms with van der Waals surface area (Å²) in [4.78, 5) is 12.0. The molecule has 0 saturated carbocycles. The zero-order chi connectivity index (χ0) is 16.5. The van der Waals surface area contributed by atoms with Crippen LogP contribution in [0.1, 0.15) is 124 Å². The van der Waals surface area contributed by atoms with E-state index >= 15 is 0 Å². The molecule has 0 aliphatic rings. The normalized spacial score (nSPS) is 12.5. The van der Waals surface area contributed by atoms with Gasteiger partial charge in [-0.05, 0) is 19.3 Å². The van der Waals surface area contributed by atoms with Gasteiger partial charge in [0.2, 0.25) is 0 Å². The third kappa shape index (κ3) is 13.3. The van der Waals surface area contributed by atoms with E-state index in [0.29, 0.717) is 11.7 Å². The Morgan fingerprint density at radius 1 is 0.636 bits per heavy atom. The first-order chi connectivity index (χ1) is 10.8. The summed E-state index contributed by atoms with van der Waals surface area (Å²) in [6.45, 7) is 6.61. The van der Waals surface area contributed by atoms with Crippen molar-refractivity contribution in [3.63, 3.8) is 0 Å². The van der Waals surface area contributed by atoms with Crippen LogP contribution < -0.4 is 0 Å². The second kappa shape index (κ2) is 17.0. The summed E-state index contributed by atoms with van der Waals surface area (Å²) in [5.74, 6) is 0.870. The molecule has 0 aromatic heterocycles. The molecule has 1 nitrogen and oxygen atoms in total. The van der Waals surface area contributed by atoms with Crippen LogP contribution in [0.15, 0.2) is 0 Å². The van der Waals surface area contributed by atoms with Gasteiger partial charge in [0, 0.05) is 12.3 Å². The number of carbonyl (C=O) groups excluding carboxylic acids is 1. The highest BCUT2D eigenvalue weighted by molar-refractivity contribution is 5.80. The number of unbranched alkanes of at least 4 members (excludes halogenated alkanes) is 11. The predicted octanol–water partition coefficient (Wildman–Crippen LogP) is 7.47. The molecule has 0 amide bonds. The molecular formula is C21H42O. The lowest BCUT2D eigenvalue weighted by atomic mass is 9.92. The van der Waals surface area contributed by atoms with Crippen LogP contribution in [-0.4, -0.2) is 5.78 Å². The molecule has 0 bridgehead atoms. The molecular weight excluding hydrogens is 268 g/mol. The molecule has 0 radical (unpaired) electrons. The first-order valence-corrected chi connectivity index (χ1v) is 10.3. The Labute approximate surface area is 140 Å². The molecule has 0 spiro atoms. The number of rotatable bonds is 17. The second-order valence-corrected chi connectivity index (χ2v) is 7.00. The fourth-order valence-electron chi connectivity index (χ4n) is 3.29. The van der Waals surface area contributed by atoms with E-state index in [1.165, 1.54) is 70.6 Å². The first kappa shape index (κ1) is 21.7. The van der Waals surface area contributed by atoms with E-state index in [4.69, 9.17) is 0 Å². The molecule has 22 heavy (non-hydrogen) atoms. The Balaban J connectivity index is 3.27. The van der Waals surface area contributed by atoms with Crippen molar-refractivity contribution in [1.29, 1.82) is 0 Å². The molecule has 0 heterocycles. The molecule has 132 valence electrons. The van der Waals surface area contributed by atoms with Crippen molar-refractivity contribution in [2.24, 2.45) is 5.92 Å². The van der Waals surface area contributed by atoms with Crippen LogP contribution in [0.5, 0.6) is 0 Å². The maximum absolute atomic E-state index is 12.0. The standard InChI is InChI=1S/C21H42O/c1-4-7-8-9-10-11-12-13-14-15-16-17-19-21(22)20(6-3)18-5-2/h20H,4-19H2,1-3H3. The molecule has 0 aromatic carbocycles. The quantitative estimate of drug-likeness (QED) is 0.255. The summed E-state index contributed by atoms with van der Waals surface area (Å²) in [5, 5.41) is 0. The van der Waals surface area contributed by atoms with E-state index in [0.717, 1.165) is 32.1 Å². The van der Waals surface area contributed by atoms with Gasteiger partial charge in [-0.3, -0.25) is 4.79 Å². The van der Waals surface area contributed by atoms with Crippen molar-refractivity contribution >= 4 is 5.78 Å². The zero-order valence-electron chi connectivity index (χ0n) is 15.8. The smallest absolute Gasteiger partial charge is 0.135 e. The third-order valence-corrected chi connectivity index (χ3v) is 4.86. The molecule has 0 aliphatic heterocycles. The molecule has 1 unspecified atom stereocenters. The topological polar surface area (TPSA) is 17.1 Å². The summed E-state index contributed by atoms with van der Waals surface area (Å²) in [7, 11) is 0. The van der Waals surface area contributed by atoms with Crippen LogP contribution in [0.4, 0.5) is 0 Å². The van der Waals surface area contributed by atoms with E-state index in [1.54, 1.807) is 0 Å². The van der Waals surface area contributed by atoms with Gasteiger partial charge < -0.3 is 0 Å². The molecule has 0 N–H and O–H groups in total. The largest absolute Gasteiger partial charge is 0.299 e. The van der Waals surface area contributed by atoms with Crippen molar-refractivity contribution in [2.75, 3.05) is 0 Å². The fourth-order valence-corrected chi connectivity index (χ4v) is 3.29. The highest BCUT2D eigenvalue weighted by Gasteiger charge is 2.14. The van der Waals surface area contributed by atoms with Crippen LogP contribution >= 0.6 is 0 Å². The Hall–Kier alpha value is -0.330. The van der Waals surface area contributed by atoms with Gasteiger partial charge >= 0.3 is 0 Å². The minimum Gasteiger partial charge on any atom is -0.299 e. The number of ketones is 1. The van der Waals surface area contributed by atoms with Crippen molar-refractivity contribution in [3.8, 4) is 0 Å². The molecule has 0 rings (SSSR count). The minimum atomic E-state index is 0.345. The minimum absolute atomic E-state index is 0.345. The molecule has 0 aromatic rings. The number of carbonyl (C=O) groups is 1. The Morgan fingerprint density at radius 3 is 1.50 bits per heavy atom. The summed E-state index contributed by atoms with van der Waals surface area (Å²) >= 11 is 0. The van der Waals surface area contributed by atoms with Crippen LogP contribution in [0.2, 0.25) is 0 Å². The molecule has 0 saturated heterocycles. The van der Waals surface area contributed by atoms with E-state index in [2.05, 4.69) is 20.8 Å². The Morgan fingerprint density at radius 2 is 1.09 bits per heavy atom. The van der Waals surface area contributed by atoms with Gasteiger partial charge in [-0.15, -0.1) is 0 Å². The summed E-state index contributed by atoms with van der Waals surface area (Å²) < 4.78 is 0. The molecule has 1 atom stereocenters. The van der Waals surface area contributed by atoms with E-state index in [1.807, 2.05) is 0 Å². The maximum atomic E-state index is 12.0. The summed E-state index contributed by atoms with van der Waals surface area (Å²) in [5.41, 5.74) is 0. The van der Waals surface area contributed by atoms with Crippen LogP contribution in [-0.2, 0) is 4.79 Å². The first-order valence-electron chi connectivity index (χ1n) is 10.3. The van der Waals surface area contributed by atoms with Crippen molar-refractivity contribution in [2.45, 2.75) is 124 Å². The van der Waals surface area contributed by atoms with Gasteiger partial charge in [-0.2, -0.15) is 0 Å². The lowest BCUT2D eigenvalue weighted by Crippen LogP contribution is -2.13. The van der Waals surface area contributed by atoms with Crippen molar-refractivity contribution < 1.29 is 4.79 Å². The van der Waals surface area contributed by atoms with Crippen molar-refractivity contribution in [3.05, 3.63) is 0 Å². The highest BCUT2D eigenvalue weighted by Crippen LogP contribution is 2.17. The Bertz CT molecular complexity index is 234. The lowest BCUT2D eigenvalue weighted by molar-refractivity contribution is -0.123. The van der Waals surface area contributed by atoms with E-state index < -0.39 is 0 Å². The monoisotopic (exact) mass is 310 g/mol. The van der Waals surface area contributed by atoms with E-state index in [9.17, 15) is 4.79 Å². The SMILES string of the molecule is CCCCCCCCCCCCCCC(=O)C(CC)CCC. The van der Waals surface area contributed by atoms with Gasteiger partial charge in [0.25, 0.3) is 0 Å². The van der Waals surface area contributed by atoms with Gasteiger partial charge in [0.15, 0.2) is 0 Å². The Kier molecular flexibility index (Phi) is 16.8. The number of Topliss-reactive ketones (excluding diaryl/α,β-unsaturated/α-hetero) is 1. The van der Waals surface area contributed by atoms with Crippen LogP contribution in [0.3, 0.4) is 0 Å². The summed E-state index contributed by atoms with van der Waals surface area (Å²) in [6, 6.07) is 0. The highest BCUT2D eigenvalue weighted by atomic mass is 16.1. The lowest BCUT2D eigenvalue weighted by Gasteiger charge is -2.12. The zero-order valence-corrected chi connectivity index (χ0v) is 15.8. The van der Waals surface area contributed by atoms with Gasteiger partial charge in [-0.1, -0.05) is 97.8 Å². The van der Waals surface area contributed by atoms with Crippen molar-refractivity contribution in [1.82, 2.24) is 0 Å². The number of hydrogen-bond acceptors (Lipinski definition) is 1. The summed E-state index contributed by atoms with van der Waals surface area (Å²) in [6.07, 6.45) is 20.5. The van der Waals surface area contributed by atoms with Gasteiger partial charge in [-0.25, -0.2) is 0 Å². The third-order valence-electron chi connectivity index (χ3n) is 4.86. The van der Waals surface area contributed by atoms with E-state index in [-0.39, 0.29) is 0 Å². The second-order valence-electron chi connectivity index (χ2n) is 7.00. The average Bonchev–Trinajstić information content (AvgIpc) is 2.53. The fraction of sp³-hybridized carbons (Fsp3) is 0.952. The number of hydrogen-bond donors (Lipinski definition) is 0. The molecule has 0 aliphatic carbocycles. The molecule has 1 heteroatoms. The average molecular weight is 311 g/mol.